The fraction of sp³-hybridized carbons (Fsp3) is 0.316. The fourth-order valence-corrected chi connectivity index (χ4v) is 6.46. The van der Waals surface area contributed by atoms with E-state index in [1.807, 2.05) is 19.1 Å². The summed E-state index contributed by atoms with van der Waals surface area (Å²) in [5.41, 5.74) is -6.60. The van der Waals surface area contributed by atoms with Gasteiger partial charge in [0, 0.05) is 5.56 Å². The quantitative estimate of drug-likeness (QED) is 0.114. The van der Waals surface area contributed by atoms with Gasteiger partial charge in [-0.2, -0.15) is 36.9 Å². The Labute approximate surface area is 296 Å². The highest BCUT2D eigenvalue weighted by molar-refractivity contribution is 6.31. The Morgan fingerprint density at radius 2 is 1.12 bits per heavy atom. The molecule has 0 fully saturated rings. The molecule has 262 valence electrons. The van der Waals surface area contributed by atoms with Gasteiger partial charge in [-0.3, -0.25) is 0 Å². The molecular weight excluding hydrogens is 701 g/mol. The summed E-state index contributed by atoms with van der Waals surface area (Å²) in [6, 6.07) is 20.5. The predicted octanol–water partition coefficient (Wildman–Crippen LogP) is 12.2. The van der Waals surface area contributed by atoms with Crippen LogP contribution in [0.1, 0.15) is 80.3 Å². The molecule has 0 bridgehead atoms. The van der Waals surface area contributed by atoms with Crippen molar-refractivity contribution in [1.29, 1.82) is 10.5 Å². The zero-order valence-corrected chi connectivity index (χ0v) is 29.0. The highest BCUT2D eigenvalue weighted by Crippen LogP contribution is 2.56. The van der Waals surface area contributed by atoms with Gasteiger partial charge in [0.15, 0.2) is 0 Å². The number of benzene rings is 4. The molecule has 0 saturated heterocycles. The normalized spacial score (nSPS) is 13.6. The average Bonchev–Trinajstić information content (AvgIpc) is 3.07. The van der Waals surface area contributed by atoms with Gasteiger partial charge in [0.1, 0.15) is 35.0 Å². The molecule has 4 nitrogen and oxygen atoms in total. The molecule has 0 heterocycles. The maximum atomic E-state index is 14.9. The molecule has 0 N–H and O–H groups in total. The molecule has 0 aliphatic heterocycles. The van der Waals surface area contributed by atoms with E-state index in [1.54, 1.807) is 45.0 Å². The summed E-state index contributed by atoms with van der Waals surface area (Å²) in [6.45, 7) is 7.10. The van der Waals surface area contributed by atoms with Crippen molar-refractivity contribution >= 4 is 23.2 Å². The highest BCUT2D eigenvalue weighted by Gasteiger charge is 2.72. The van der Waals surface area contributed by atoms with Crippen molar-refractivity contribution in [2.24, 2.45) is 0 Å². The number of rotatable bonds is 11. The molecule has 0 saturated carbocycles. The summed E-state index contributed by atoms with van der Waals surface area (Å²) >= 11 is 12.8. The summed E-state index contributed by atoms with van der Waals surface area (Å²) < 4.78 is 102. The summed E-state index contributed by atoms with van der Waals surface area (Å²) in [5.74, 6) is -0.0539. The van der Waals surface area contributed by atoms with E-state index in [9.17, 15) is 36.9 Å². The number of nitrogens with zero attached hydrogens (tertiary/aromatic N) is 2. The van der Waals surface area contributed by atoms with Gasteiger partial charge in [-0.15, -0.1) is 11.6 Å². The van der Waals surface area contributed by atoms with Gasteiger partial charge in [-0.25, -0.2) is 0 Å². The zero-order chi connectivity index (χ0) is 37.1. The van der Waals surface area contributed by atoms with Gasteiger partial charge in [-0.1, -0.05) is 80.9 Å². The Morgan fingerprint density at radius 1 is 0.640 bits per heavy atom. The molecule has 0 aliphatic rings. The summed E-state index contributed by atoms with van der Waals surface area (Å²) in [6.07, 6.45) is -10.6. The standard InChI is InChI=1S/C38H32Cl2F6N2O2/c1-5-34(4,40)30-10-9-13-33(29(30)23-48)49-26-18-14-24(15-19-26)36(37(41,42)43,38(44,45)46)25-16-20-27(21-17-25)50-35(6-2,7-3)31-11-8-12-32(39)28(31)22-47/h8-21H,5-7H2,1-4H3. The second-order valence-electron chi connectivity index (χ2n) is 11.8. The van der Waals surface area contributed by atoms with Crippen molar-refractivity contribution in [2.75, 3.05) is 0 Å². The Morgan fingerprint density at radius 3 is 1.58 bits per heavy atom. The van der Waals surface area contributed by atoms with Crippen LogP contribution in [-0.4, -0.2) is 12.4 Å². The van der Waals surface area contributed by atoms with E-state index in [2.05, 4.69) is 0 Å². The van der Waals surface area contributed by atoms with Gasteiger partial charge in [-0.05, 0) is 79.3 Å². The van der Waals surface area contributed by atoms with Gasteiger partial charge in [0.2, 0.25) is 5.41 Å². The van der Waals surface area contributed by atoms with Crippen LogP contribution in [0, 0.1) is 22.7 Å². The molecular formula is C38H32Cl2F6N2O2. The summed E-state index contributed by atoms with van der Waals surface area (Å²) in [7, 11) is 0. The van der Waals surface area contributed by atoms with E-state index in [1.165, 1.54) is 12.1 Å². The Kier molecular flexibility index (Phi) is 11.1. The fourth-order valence-electron chi connectivity index (χ4n) is 6.08. The minimum absolute atomic E-state index is 0.00467. The van der Waals surface area contributed by atoms with Gasteiger partial charge >= 0.3 is 12.4 Å². The summed E-state index contributed by atoms with van der Waals surface area (Å²) in [4.78, 5) is -0.919. The third-order valence-corrected chi connectivity index (χ3v) is 9.87. The number of ether oxygens (including phenoxy) is 2. The molecule has 0 spiro atoms. The third-order valence-electron chi connectivity index (χ3n) is 9.09. The molecule has 1 unspecified atom stereocenters. The average molecular weight is 734 g/mol. The number of halogens is 8. The number of nitriles is 2. The van der Waals surface area contributed by atoms with Crippen molar-refractivity contribution in [2.45, 2.75) is 75.2 Å². The first-order valence-corrected chi connectivity index (χ1v) is 16.3. The van der Waals surface area contributed by atoms with Gasteiger partial charge < -0.3 is 9.47 Å². The second-order valence-corrected chi connectivity index (χ2v) is 13.1. The van der Waals surface area contributed by atoms with E-state index in [4.69, 9.17) is 32.7 Å². The van der Waals surface area contributed by atoms with Crippen LogP contribution in [-0.2, 0) is 15.9 Å². The lowest BCUT2D eigenvalue weighted by molar-refractivity contribution is -0.288. The molecule has 12 heteroatoms. The molecule has 4 aromatic rings. The minimum Gasteiger partial charge on any atom is -0.483 e. The second kappa shape index (κ2) is 14.5. The minimum atomic E-state index is -5.83. The monoisotopic (exact) mass is 732 g/mol. The van der Waals surface area contributed by atoms with Crippen LogP contribution in [0.5, 0.6) is 17.2 Å². The van der Waals surface area contributed by atoms with Crippen molar-refractivity contribution in [3.8, 4) is 29.4 Å². The first-order chi connectivity index (χ1) is 23.5. The first-order valence-electron chi connectivity index (χ1n) is 15.6. The first kappa shape index (κ1) is 38.4. The van der Waals surface area contributed by atoms with Crippen molar-refractivity contribution in [3.05, 3.63) is 123 Å². The van der Waals surface area contributed by atoms with Crippen LogP contribution in [0.4, 0.5) is 26.3 Å². The maximum Gasteiger partial charge on any atom is 0.411 e. The van der Waals surface area contributed by atoms with E-state index in [0.717, 1.165) is 36.4 Å². The summed E-state index contributed by atoms with van der Waals surface area (Å²) in [5, 5.41) is 19.8. The van der Waals surface area contributed by atoms with Gasteiger partial charge in [0.05, 0.1) is 21.0 Å². The third kappa shape index (κ3) is 6.84. The molecule has 4 rings (SSSR count). The maximum absolute atomic E-state index is 14.9. The number of hydrogen-bond acceptors (Lipinski definition) is 4. The van der Waals surface area contributed by atoms with Crippen LogP contribution < -0.4 is 9.47 Å². The zero-order valence-electron chi connectivity index (χ0n) is 27.4. The molecule has 4 aromatic carbocycles. The lowest BCUT2D eigenvalue weighted by Crippen LogP contribution is -2.54. The van der Waals surface area contributed by atoms with E-state index in [-0.39, 0.29) is 33.4 Å². The Hall–Kier alpha value is -4.38. The van der Waals surface area contributed by atoms with E-state index >= 15 is 0 Å². The lowest BCUT2D eigenvalue weighted by Gasteiger charge is -2.38. The lowest BCUT2D eigenvalue weighted by atomic mass is 9.73. The molecule has 0 aliphatic carbocycles. The molecule has 0 amide bonds. The Balaban J connectivity index is 1.77. The van der Waals surface area contributed by atoms with E-state index in [0.29, 0.717) is 42.5 Å². The molecule has 1 atom stereocenters. The largest absolute Gasteiger partial charge is 0.483 e. The van der Waals surface area contributed by atoms with Crippen molar-refractivity contribution < 1.29 is 35.8 Å². The van der Waals surface area contributed by atoms with Crippen LogP contribution >= 0.6 is 23.2 Å². The smallest absolute Gasteiger partial charge is 0.411 e. The van der Waals surface area contributed by atoms with Gasteiger partial charge in [0.25, 0.3) is 0 Å². The van der Waals surface area contributed by atoms with Crippen LogP contribution in [0.3, 0.4) is 0 Å². The SMILES string of the molecule is CCC(C)(Cl)c1cccc(Oc2ccc(C(c3ccc(OC(CC)(CC)c4cccc(Cl)c4C#N)cc3)(C(F)(F)F)C(F)(F)F)cc2)c1C#N. The van der Waals surface area contributed by atoms with Crippen molar-refractivity contribution in [3.63, 3.8) is 0 Å². The topological polar surface area (TPSA) is 66.0 Å². The van der Waals surface area contributed by atoms with Crippen LogP contribution in [0.2, 0.25) is 5.02 Å². The highest BCUT2D eigenvalue weighted by atomic mass is 35.5. The Bertz CT molecular complexity index is 1890. The van der Waals surface area contributed by atoms with Crippen LogP contribution in [0.25, 0.3) is 0 Å². The van der Waals surface area contributed by atoms with Crippen molar-refractivity contribution in [1.82, 2.24) is 0 Å². The molecule has 50 heavy (non-hydrogen) atoms. The predicted molar refractivity (Wildman–Crippen MR) is 180 cm³/mol. The van der Waals surface area contributed by atoms with Crippen LogP contribution in [0.15, 0.2) is 84.9 Å². The molecule has 0 aromatic heterocycles. The molecule has 0 radical (unpaired) electrons. The number of hydrogen-bond donors (Lipinski definition) is 0. The number of alkyl halides is 7. The van der Waals surface area contributed by atoms with E-state index < -0.39 is 39.4 Å².